The third-order valence-electron chi connectivity index (χ3n) is 5.33. The highest BCUT2D eigenvalue weighted by Crippen LogP contribution is 2.31. The Kier molecular flexibility index (Phi) is 7.42. The molecule has 0 spiro atoms. The van der Waals surface area contributed by atoms with Crippen LogP contribution in [0, 0.1) is 13.8 Å². The molecule has 9 heteroatoms. The van der Waals surface area contributed by atoms with Crippen LogP contribution in [0.4, 0.5) is 0 Å². The van der Waals surface area contributed by atoms with Gasteiger partial charge < -0.3 is 0 Å². The molecule has 0 radical (unpaired) electrons. The van der Waals surface area contributed by atoms with Crippen molar-refractivity contribution >= 4 is 33.4 Å². The SMILES string of the molecule is Cc1ccc(S(=O)(=O)NC(C)c2nnc(SCc3ccccc3)n2-c2cc(Cl)ccc2C)cc1. The zero-order valence-electron chi connectivity index (χ0n) is 19.1. The molecule has 0 saturated heterocycles. The number of hydrogen-bond donors (Lipinski definition) is 1. The highest BCUT2D eigenvalue weighted by atomic mass is 35.5. The van der Waals surface area contributed by atoms with Gasteiger partial charge in [-0.2, -0.15) is 0 Å². The van der Waals surface area contributed by atoms with Gasteiger partial charge in [0.25, 0.3) is 0 Å². The molecule has 176 valence electrons. The lowest BCUT2D eigenvalue weighted by atomic mass is 10.2. The zero-order chi connectivity index (χ0) is 24.3. The molecule has 1 atom stereocenters. The minimum absolute atomic E-state index is 0.202. The fraction of sp³-hybridized carbons (Fsp3) is 0.200. The Morgan fingerprint density at radius 2 is 1.71 bits per heavy atom. The van der Waals surface area contributed by atoms with Crippen LogP contribution in [0.1, 0.15) is 35.5 Å². The predicted molar refractivity (Wildman–Crippen MR) is 137 cm³/mol. The summed E-state index contributed by atoms with van der Waals surface area (Å²) in [5.41, 5.74) is 3.92. The van der Waals surface area contributed by atoms with Crippen molar-refractivity contribution in [2.24, 2.45) is 0 Å². The van der Waals surface area contributed by atoms with Gasteiger partial charge in [-0.3, -0.25) is 4.57 Å². The molecule has 0 aliphatic heterocycles. The number of nitrogens with zero attached hydrogens (tertiary/aromatic N) is 3. The maximum Gasteiger partial charge on any atom is 0.241 e. The van der Waals surface area contributed by atoms with E-state index in [1.807, 2.05) is 54.8 Å². The van der Waals surface area contributed by atoms with Crippen LogP contribution in [-0.2, 0) is 15.8 Å². The van der Waals surface area contributed by atoms with Gasteiger partial charge in [0.2, 0.25) is 10.0 Å². The smallest absolute Gasteiger partial charge is 0.241 e. The van der Waals surface area contributed by atoms with E-state index < -0.39 is 16.1 Å². The fourth-order valence-electron chi connectivity index (χ4n) is 3.50. The van der Waals surface area contributed by atoms with Crippen molar-refractivity contribution in [1.29, 1.82) is 0 Å². The van der Waals surface area contributed by atoms with Crippen LogP contribution in [0.2, 0.25) is 5.02 Å². The number of hydrogen-bond acceptors (Lipinski definition) is 5. The first-order valence-corrected chi connectivity index (χ1v) is 13.6. The minimum atomic E-state index is -3.75. The first-order valence-electron chi connectivity index (χ1n) is 10.7. The van der Waals surface area contributed by atoms with Crippen molar-refractivity contribution in [3.05, 3.63) is 100 Å². The summed E-state index contributed by atoms with van der Waals surface area (Å²) in [4.78, 5) is 0.202. The molecule has 0 saturated carbocycles. The molecule has 0 bridgehead atoms. The summed E-state index contributed by atoms with van der Waals surface area (Å²) in [5, 5.41) is 10.0. The number of thioether (sulfide) groups is 1. The number of benzene rings is 3. The molecular formula is C25H25ClN4O2S2. The molecule has 1 unspecified atom stereocenters. The summed E-state index contributed by atoms with van der Waals surface area (Å²) in [6, 6.07) is 21.8. The van der Waals surface area contributed by atoms with Crippen molar-refractivity contribution < 1.29 is 8.42 Å². The Balaban J connectivity index is 1.70. The number of halogens is 1. The summed E-state index contributed by atoms with van der Waals surface area (Å²) in [5.74, 6) is 1.18. The van der Waals surface area contributed by atoms with Gasteiger partial charge in [-0.15, -0.1) is 10.2 Å². The lowest BCUT2D eigenvalue weighted by Crippen LogP contribution is -2.29. The van der Waals surface area contributed by atoms with E-state index in [4.69, 9.17) is 11.6 Å². The Morgan fingerprint density at radius 3 is 2.41 bits per heavy atom. The van der Waals surface area contributed by atoms with Gasteiger partial charge in [0.05, 0.1) is 16.6 Å². The van der Waals surface area contributed by atoms with E-state index in [-0.39, 0.29) is 4.90 Å². The molecular weight excluding hydrogens is 488 g/mol. The van der Waals surface area contributed by atoms with Gasteiger partial charge in [-0.1, -0.05) is 77.5 Å². The molecule has 1 N–H and O–H groups in total. The average Bonchev–Trinajstić information content (AvgIpc) is 3.24. The van der Waals surface area contributed by atoms with Crippen molar-refractivity contribution in [2.75, 3.05) is 0 Å². The van der Waals surface area contributed by atoms with Crippen LogP contribution in [0.25, 0.3) is 5.69 Å². The maximum atomic E-state index is 13.0. The zero-order valence-corrected chi connectivity index (χ0v) is 21.5. The standard InChI is InChI=1S/C25H25ClN4O2S2/c1-17-9-13-22(14-10-17)34(31,32)29-19(3)24-27-28-25(33-16-20-7-5-4-6-8-20)30(24)23-15-21(26)12-11-18(23)2/h4-15,19,29H,16H2,1-3H3. The molecule has 3 aromatic carbocycles. The second-order valence-corrected chi connectivity index (χ2v) is 11.1. The third-order valence-corrected chi connectivity index (χ3v) is 8.12. The van der Waals surface area contributed by atoms with E-state index in [2.05, 4.69) is 27.1 Å². The van der Waals surface area contributed by atoms with Gasteiger partial charge in [0, 0.05) is 10.8 Å². The molecule has 1 heterocycles. The molecule has 0 fully saturated rings. The van der Waals surface area contributed by atoms with Crippen molar-refractivity contribution in [3.63, 3.8) is 0 Å². The number of sulfonamides is 1. The molecule has 0 amide bonds. The lowest BCUT2D eigenvalue weighted by molar-refractivity contribution is 0.556. The van der Waals surface area contributed by atoms with Crippen LogP contribution in [0.3, 0.4) is 0 Å². The van der Waals surface area contributed by atoms with E-state index in [0.29, 0.717) is 21.8 Å². The summed E-state index contributed by atoms with van der Waals surface area (Å²) in [6.45, 7) is 5.65. The molecule has 34 heavy (non-hydrogen) atoms. The van der Waals surface area contributed by atoms with Crippen LogP contribution in [0.15, 0.2) is 82.8 Å². The summed E-state index contributed by atoms with van der Waals surface area (Å²) < 4.78 is 30.7. The first-order chi connectivity index (χ1) is 16.2. The number of aromatic nitrogens is 3. The van der Waals surface area contributed by atoms with Crippen molar-refractivity contribution in [1.82, 2.24) is 19.5 Å². The molecule has 0 aliphatic carbocycles. The van der Waals surface area contributed by atoms with Crippen LogP contribution in [-0.4, -0.2) is 23.2 Å². The van der Waals surface area contributed by atoms with E-state index in [1.54, 1.807) is 31.2 Å². The maximum absolute atomic E-state index is 13.0. The van der Waals surface area contributed by atoms with Gasteiger partial charge in [-0.25, -0.2) is 13.1 Å². The molecule has 4 aromatic rings. The van der Waals surface area contributed by atoms with Gasteiger partial charge in [0.1, 0.15) is 0 Å². The summed E-state index contributed by atoms with van der Waals surface area (Å²) >= 11 is 7.85. The molecule has 1 aromatic heterocycles. The number of rotatable bonds is 8. The predicted octanol–water partition coefficient (Wildman–Crippen LogP) is 5.87. The molecule has 4 rings (SSSR count). The van der Waals surface area contributed by atoms with Crippen LogP contribution in [0.5, 0.6) is 0 Å². The minimum Gasteiger partial charge on any atom is -0.272 e. The van der Waals surface area contributed by atoms with Gasteiger partial charge in [-0.05, 0) is 56.2 Å². The van der Waals surface area contributed by atoms with Gasteiger partial charge in [0.15, 0.2) is 11.0 Å². The monoisotopic (exact) mass is 512 g/mol. The average molecular weight is 513 g/mol. The summed E-state index contributed by atoms with van der Waals surface area (Å²) in [6.07, 6.45) is 0. The molecule has 6 nitrogen and oxygen atoms in total. The molecule has 0 aliphatic rings. The van der Waals surface area contributed by atoms with E-state index in [0.717, 1.165) is 22.4 Å². The van der Waals surface area contributed by atoms with Crippen LogP contribution >= 0.6 is 23.4 Å². The second-order valence-electron chi connectivity index (χ2n) is 8.04. The Bertz CT molecular complexity index is 1390. The fourth-order valence-corrected chi connectivity index (χ4v) is 5.77. The van der Waals surface area contributed by atoms with E-state index in [9.17, 15) is 8.42 Å². The van der Waals surface area contributed by atoms with E-state index in [1.165, 1.54) is 11.8 Å². The Morgan fingerprint density at radius 1 is 1.00 bits per heavy atom. The van der Waals surface area contributed by atoms with Crippen LogP contribution < -0.4 is 4.72 Å². The van der Waals surface area contributed by atoms with E-state index >= 15 is 0 Å². The van der Waals surface area contributed by atoms with Crippen molar-refractivity contribution in [2.45, 2.75) is 42.6 Å². The largest absolute Gasteiger partial charge is 0.272 e. The highest BCUT2D eigenvalue weighted by molar-refractivity contribution is 7.98. The van der Waals surface area contributed by atoms with Gasteiger partial charge >= 0.3 is 0 Å². The Labute approximate surface area is 209 Å². The Hall–Kier alpha value is -2.65. The number of nitrogens with one attached hydrogen (secondary N) is 1. The van der Waals surface area contributed by atoms with Crippen molar-refractivity contribution in [3.8, 4) is 5.69 Å². The highest BCUT2D eigenvalue weighted by Gasteiger charge is 2.25. The number of aryl methyl sites for hydroxylation is 2. The third kappa shape index (κ3) is 5.52. The summed E-state index contributed by atoms with van der Waals surface area (Å²) in [7, 11) is -3.75. The first kappa shape index (κ1) is 24.5. The topological polar surface area (TPSA) is 76.9 Å². The second kappa shape index (κ2) is 10.3. The lowest BCUT2D eigenvalue weighted by Gasteiger charge is -2.18. The normalized spacial score (nSPS) is 12.6. The quantitative estimate of drug-likeness (QED) is 0.299.